The summed E-state index contributed by atoms with van der Waals surface area (Å²) in [5.74, 6) is 1.62. The molecule has 4 heterocycles. The fraction of sp³-hybridized carbons (Fsp3) is 0.529. The fourth-order valence-electron chi connectivity index (χ4n) is 3.60. The van der Waals surface area contributed by atoms with Crippen molar-refractivity contribution in [2.24, 2.45) is 5.92 Å². The Labute approximate surface area is 140 Å². The average molecular weight is 328 g/mol. The second kappa shape index (κ2) is 5.98. The summed E-state index contributed by atoms with van der Waals surface area (Å²) >= 11 is 0. The Kier molecular flexibility index (Phi) is 3.80. The minimum absolute atomic E-state index is 0.0132. The van der Waals surface area contributed by atoms with E-state index in [0.717, 1.165) is 18.7 Å². The quantitative estimate of drug-likeness (QED) is 0.850. The molecule has 0 spiro atoms. The molecular formula is C17H20N4O3. The second-order valence-electron chi connectivity index (χ2n) is 6.61. The Morgan fingerprint density at radius 3 is 2.88 bits per heavy atom. The molecule has 1 amide bonds. The van der Waals surface area contributed by atoms with Crippen LogP contribution in [0.1, 0.15) is 34.3 Å². The number of amides is 1. The molecule has 2 aromatic rings. The van der Waals surface area contributed by atoms with Crippen molar-refractivity contribution in [3.8, 4) is 0 Å². The van der Waals surface area contributed by atoms with E-state index in [2.05, 4.69) is 15.1 Å². The minimum atomic E-state index is -0.0132. The van der Waals surface area contributed by atoms with Crippen LogP contribution in [0, 0.1) is 19.8 Å². The molecule has 0 saturated carbocycles. The number of pyridine rings is 1. The molecular weight excluding hydrogens is 308 g/mol. The molecule has 3 atom stereocenters. The molecule has 7 heteroatoms. The van der Waals surface area contributed by atoms with Crippen molar-refractivity contribution in [3.05, 3.63) is 41.3 Å². The Balaban J connectivity index is 1.36. The van der Waals surface area contributed by atoms with Gasteiger partial charge in [0, 0.05) is 24.7 Å². The van der Waals surface area contributed by atoms with E-state index in [1.54, 1.807) is 13.0 Å². The van der Waals surface area contributed by atoms with Crippen LogP contribution in [0.15, 0.2) is 22.7 Å². The molecule has 0 radical (unpaired) electrons. The number of ether oxygens (including phenoxy) is 1. The Hall–Kier alpha value is -2.28. The van der Waals surface area contributed by atoms with Gasteiger partial charge in [0.05, 0.1) is 18.6 Å². The highest BCUT2D eigenvalue weighted by molar-refractivity contribution is 5.92. The summed E-state index contributed by atoms with van der Waals surface area (Å²) in [7, 11) is 0. The zero-order valence-corrected chi connectivity index (χ0v) is 13.8. The van der Waals surface area contributed by atoms with Crippen molar-refractivity contribution in [3.63, 3.8) is 0 Å². The monoisotopic (exact) mass is 328 g/mol. The Morgan fingerprint density at radius 2 is 2.17 bits per heavy atom. The van der Waals surface area contributed by atoms with E-state index in [4.69, 9.17) is 9.26 Å². The van der Waals surface area contributed by atoms with E-state index in [1.807, 2.05) is 24.0 Å². The van der Waals surface area contributed by atoms with Crippen molar-refractivity contribution in [1.29, 1.82) is 0 Å². The largest absolute Gasteiger partial charge is 0.372 e. The number of fused-ring (bicyclic) bond motifs is 1. The highest BCUT2D eigenvalue weighted by atomic mass is 16.5. The lowest BCUT2D eigenvalue weighted by atomic mass is 10.0. The van der Waals surface area contributed by atoms with E-state index in [-0.39, 0.29) is 18.1 Å². The normalized spacial score (nSPS) is 25.9. The van der Waals surface area contributed by atoms with Gasteiger partial charge in [-0.15, -0.1) is 0 Å². The first-order chi connectivity index (χ1) is 11.6. The molecule has 2 aliphatic heterocycles. The van der Waals surface area contributed by atoms with Crippen molar-refractivity contribution in [2.45, 2.75) is 38.9 Å². The lowest BCUT2D eigenvalue weighted by Gasteiger charge is -2.18. The molecule has 0 unspecified atom stereocenters. The number of aryl methyl sites for hydroxylation is 2. The maximum Gasteiger partial charge on any atom is 0.272 e. The van der Waals surface area contributed by atoms with Gasteiger partial charge in [0.25, 0.3) is 5.91 Å². The van der Waals surface area contributed by atoms with Gasteiger partial charge >= 0.3 is 0 Å². The third kappa shape index (κ3) is 2.91. The molecule has 24 heavy (non-hydrogen) atoms. The first kappa shape index (κ1) is 15.3. The highest BCUT2D eigenvalue weighted by Gasteiger charge is 2.44. The standard InChI is InChI=1S/C17H20N4O3/c1-10-4-3-5-14(18-10)17(22)21-8-12-6-13(23-15(12)9-21)7-16-19-11(2)20-24-16/h3-5,12-13,15H,6-9H2,1-2H3/t12-,13-,15+/m0/s1. The van der Waals surface area contributed by atoms with E-state index >= 15 is 0 Å². The lowest BCUT2D eigenvalue weighted by molar-refractivity contribution is 0.0329. The number of aromatic nitrogens is 3. The van der Waals surface area contributed by atoms with Gasteiger partial charge < -0.3 is 14.2 Å². The number of hydrogen-bond acceptors (Lipinski definition) is 6. The summed E-state index contributed by atoms with van der Waals surface area (Å²) in [6.45, 7) is 5.04. The van der Waals surface area contributed by atoms with E-state index in [0.29, 0.717) is 36.3 Å². The Bertz CT molecular complexity index is 746. The second-order valence-corrected chi connectivity index (χ2v) is 6.61. The van der Waals surface area contributed by atoms with Crippen LogP contribution in [0.25, 0.3) is 0 Å². The molecule has 0 bridgehead atoms. The van der Waals surface area contributed by atoms with Crippen molar-refractivity contribution >= 4 is 5.91 Å². The minimum Gasteiger partial charge on any atom is -0.372 e. The number of carbonyl (C=O) groups excluding carboxylic acids is 1. The SMILES string of the molecule is Cc1cccc(C(=O)N2C[C@@H]3C[C@@H](Cc4nc(C)no4)O[C@@H]3C2)n1. The van der Waals surface area contributed by atoms with Gasteiger partial charge in [0.1, 0.15) is 5.69 Å². The highest BCUT2D eigenvalue weighted by Crippen LogP contribution is 2.34. The zero-order chi connectivity index (χ0) is 16.7. The molecule has 2 aromatic heterocycles. The molecule has 0 aliphatic carbocycles. The summed E-state index contributed by atoms with van der Waals surface area (Å²) in [6, 6.07) is 5.53. The summed E-state index contributed by atoms with van der Waals surface area (Å²) in [4.78, 5) is 23.0. The van der Waals surface area contributed by atoms with E-state index in [9.17, 15) is 4.79 Å². The molecule has 126 valence electrons. The molecule has 0 N–H and O–H groups in total. The van der Waals surface area contributed by atoms with Gasteiger partial charge in [-0.3, -0.25) is 4.79 Å². The Morgan fingerprint density at radius 1 is 1.29 bits per heavy atom. The maximum atomic E-state index is 12.6. The first-order valence-corrected chi connectivity index (χ1v) is 8.26. The molecule has 2 fully saturated rings. The number of carbonyl (C=O) groups is 1. The van der Waals surface area contributed by atoms with Crippen LogP contribution in [0.5, 0.6) is 0 Å². The maximum absolute atomic E-state index is 12.6. The molecule has 2 saturated heterocycles. The average Bonchev–Trinajstić information content (AvgIpc) is 3.21. The van der Waals surface area contributed by atoms with Crippen molar-refractivity contribution in [2.75, 3.05) is 13.1 Å². The van der Waals surface area contributed by atoms with Crippen molar-refractivity contribution < 1.29 is 14.1 Å². The predicted molar refractivity (Wildman–Crippen MR) is 84.4 cm³/mol. The fourth-order valence-corrected chi connectivity index (χ4v) is 3.60. The number of nitrogens with zero attached hydrogens (tertiary/aromatic N) is 4. The van der Waals surface area contributed by atoms with Crippen LogP contribution < -0.4 is 0 Å². The predicted octanol–water partition coefficient (Wildman–Crippen LogP) is 1.55. The summed E-state index contributed by atoms with van der Waals surface area (Å²) < 4.78 is 11.3. The van der Waals surface area contributed by atoms with Crippen molar-refractivity contribution in [1.82, 2.24) is 20.0 Å². The van der Waals surface area contributed by atoms with Gasteiger partial charge in [-0.05, 0) is 32.4 Å². The van der Waals surface area contributed by atoms with Crippen LogP contribution in [0.4, 0.5) is 0 Å². The van der Waals surface area contributed by atoms with E-state index in [1.165, 1.54) is 0 Å². The third-order valence-electron chi connectivity index (χ3n) is 4.68. The summed E-state index contributed by atoms with van der Waals surface area (Å²) in [6.07, 6.45) is 1.74. The first-order valence-electron chi connectivity index (χ1n) is 8.26. The van der Waals surface area contributed by atoms with Crippen LogP contribution in [0.3, 0.4) is 0 Å². The lowest BCUT2D eigenvalue weighted by Crippen LogP contribution is -2.32. The molecule has 7 nitrogen and oxygen atoms in total. The van der Waals surface area contributed by atoms with Gasteiger partial charge in [-0.25, -0.2) is 4.98 Å². The number of likely N-dealkylation sites (tertiary alicyclic amines) is 1. The topological polar surface area (TPSA) is 81.4 Å². The number of hydrogen-bond donors (Lipinski definition) is 0. The van der Waals surface area contributed by atoms with Crippen LogP contribution in [-0.2, 0) is 11.2 Å². The molecule has 0 aromatic carbocycles. The summed E-state index contributed by atoms with van der Waals surface area (Å²) in [5.41, 5.74) is 1.36. The zero-order valence-electron chi connectivity index (χ0n) is 13.8. The third-order valence-corrected chi connectivity index (χ3v) is 4.68. The van der Waals surface area contributed by atoms with Crippen LogP contribution in [0.2, 0.25) is 0 Å². The van der Waals surface area contributed by atoms with Gasteiger partial charge in [-0.2, -0.15) is 4.98 Å². The van der Waals surface area contributed by atoms with E-state index < -0.39 is 0 Å². The molecule has 4 rings (SSSR count). The van der Waals surface area contributed by atoms with Gasteiger partial charge in [0.2, 0.25) is 5.89 Å². The molecule has 2 aliphatic rings. The van der Waals surface area contributed by atoms with Gasteiger partial charge in [-0.1, -0.05) is 11.2 Å². The van der Waals surface area contributed by atoms with Gasteiger partial charge in [0.15, 0.2) is 5.82 Å². The van der Waals surface area contributed by atoms with Crippen LogP contribution >= 0.6 is 0 Å². The van der Waals surface area contributed by atoms with Crippen LogP contribution in [-0.4, -0.2) is 51.2 Å². The summed E-state index contributed by atoms with van der Waals surface area (Å²) in [5, 5.41) is 3.81. The smallest absolute Gasteiger partial charge is 0.272 e. The number of rotatable bonds is 3.